The predicted molar refractivity (Wildman–Crippen MR) is 68.3 cm³/mol. The van der Waals surface area contributed by atoms with Gasteiger partial charge in [0.25, 0.3) is 5.91 Å². The maximum atomic E-state index is 11.6. The Balaban J connectivity index is 2.38. The summed E-state index contributed by atoms with van der Waals surface area (Å²) in [6.07, 6.45) is -1.26. The number of aliphatic hydroxyl groups excluding tert-OH is 2. The molecule has 0 aliphatic carbocycles. The molecular weight excluding hydrogens is 232 g/mol. The van der Waals surface area contributed by atoms with Crippen LogP contribution in [0.3, 0.4) is 0 Å². The van der Waals surface area contributed by atoms with Crippen molar-refractivity contribution in [1.82, 2.24) is 10.9 Å². The molecule has 0 aliphatic rings. The Morgan fingerprint density at radius 2 is 1.94 bits per heavy atom. The van der Waals surface area contributed by atoms with E-state index in [0.29, 0.717) is 6.54 Å². The molecule has 1 atom stereocenters. The Hall–Kier alpha value is -1.43. The van der Waals surface area contributed by atoms with Gasteiger partial charge in [-0.15, -0.1) is 0 Å². The second-order valence-corrected chi connectivity index (χ2v) is 4.88. The summed E-state index contributed by atoms with van der Waals surface area (Å²) in [5, 5.41) is 18.8. The summed E-state index contributed by atoms with van der Waals surface area (Å²) in [5.74, 6) is -0.551. The van der Waals surface area contributed by atoms with E-state index in [-0.39, 0.29) is 6.61 Å². The van der Waals surface area contributed by atoms with Crippen LogP contribution in [-0.4, -0.2) is 28.8 Å². The van der Waals surface area contributed by atoms with E-state index in [1.165, 1.54) is 0 Å². The van der Waals surface area contributed by atoms with Crippen LogP contribution in [0.1, 0.15) is 19.4 Å². The third kappa shape index (κ3) is 4.10. The van der Waals surface area contributed by atoms with Gasteiger partial charge in [-0.2, -0.15) is 0 Å². The number of rotatable bonds is 6. The van der Waals surface area contributed by atoms with Crippen LogP contribution in [0, 0.1) is 5.41 Å². The molecule has 1 aromatic carbocycles. The highest BCUT2D eigenvalue weighted by molar-refractivity contribution is 5.80. The zero-order valence-corrected chi connectivity index (χ0v) is 10.7. The number of hydrogen-bond acceptors (Lipinski definition) is 4. The lowest BCUT2D eigenvalue weighted by atomic mass is 9.87. The topological polar surface area (TPSA) is 81.6 Å². The second-order valence-electron chi connectivity index (χ2n) is 4.88. The van der Waals surface area contributed by atoms with Crippen LogP contribution < -0.4 is 10.9 Å². The lowest BCUT2D eigenvalue weighted by Gasteiger charge is -2.27. The number of amides is 1. The average Bonchev–Trinajstić information content (AvgIpc) is 2.39. The Kier molecular flexibility index (Phi) is 5.27. The molecule has 1 amide bonds. The first-order valence-electron chi connectivity index (χ1n) is 5.83. The first-order valence-corrected chi connectivity index (χ1v) is 5.83. The summed E-state index contributed by atoms with van der Waals surface area (Å²) in [7, 11) is 0. The summed E-state index contributed by atoms with van der Waals surface area (Å²) < 4.78 is 0. The minimum absolute atomic E-state index is 0.264. The van der Waals surface area contributed by atoms with Crippen molar-refractivity contribution in [3.63, 3.8) is 0 Å². The Bertz CT molecular complexity index is 379. The van der Waals surface area contributed by atoms with Gasteiger partial charge >= 0.3 is 0 Å². The smallest absolute Gasteiger partial charge is 0.263 e. The van der Waals surface area contributed by atoms with E-state index in [4.69, 9.17) is 5.11 Å². The molecule has 0 aromatic heterocycles. The second kappa shape index (κ2) is 6.49. The first-order chi connectivity index (χ1) is 8.47. The standard InChI is InChI=1S/C13H20N2O3/c1-13(2,9-16)11(17)12(18)15-14-8-10-6-4-3-5-7-10/h3-7,11,14,16-17H,8-9H2,1-2H3,(H,15,18)/t11-/m1/s1. The largest absolute Gasteiger partial charge is 0.396 e. The van der Waals surface area contributed by atoms with E-state index in [9.17, 15) is 9.90 Å². The normalized spacial score (nSPS) is 13.1. The van der Waals surface area contributed by atoms with Gasteiger partial charge in [0.2, 0.25) is 0 Å². The van der Waals surface area contributed by atoms with Crippen molar-refractivity contribution in [2.75, 3.05) is 6.61 Å². The highest BCUT2D eigenvalue weighted by Gasteiger charge is 2.32. The lowest BCUT2D eigenvalue weighted by Crippen LogP contribution is -2.49. The molecule has 0 spiro atoms. The van der Waals surface area contributed by atoms with E-state index >= 15 is 0 Å². The monoisotopic (exact) mass is 252 g/mol. The van der Waals surface area contributed by atoms with Gasteiger partial charge in [0.1, 0.15) is 6.10 Å². The molecule has 5 heteroatoms. The van der Waals surface area contributed by atoms with Crippen molar-refractivity contribution in [2.24, 2.45) is 5.41 Å². The van der Waals surface area contributed by atoms with Crippen molar-refractivity contribution >= 4 is 5.91 Å². The Morgan fingerprint density at radius 3 is 2.50 bits per heavy atom. The molecule has 5 nitrogen and oxygen atoms in total. The maximum Gasteiger partial charge on any atom is 0.263 e. The summed E-state index contributed by atoms with van der Waals surface area (Å²) in [6, 6.07) is 9.57. The van der Waals surface area contributed by atoms with Crippen LogP contribution in [0.25, 0.3) is 0 Å². The van der Waals surface area contributed by atoms with E-state index in [1.54, 1.807) is 13.8 Å². The Morgan fingerprint density at radius 1 is 1.33 bits per heavy atom. The number of nitrogens with one attached hydrogen (secondary N) is 2. The van der Waals surface area contributed by atoms with Gasteiger partial charge in [0.05, 0.1) is 6.61 Å². The van der Waals surface area contributed by atoms with Crippen molar-refractivity contribution in [3.8, 4) is 0 Å². The zero-order valence-electron chi connectivity index (χ0n) is 10.7. The zero-order chi connectivity index (χ0) is 13.6. The van der Waals surface area contributed by atoms with E-state index in [0.717, 1.165) is 5.56 Å². The van der Waals surface area contributed by atoms with Crippen LogP contribution in [-0.2, 0) is 11.3 Å². The van der Waals surface area contributed by atoms with Crippen LogP contribution in [0.15, 0.2) is 30.3 Å². The molecule has 0 fully saturated rings. The van der Waals surface area contributed by atoms with Gasteiger partial charge in [0, 0.05) is 12.0 Å². The number of hydrogen-bond donors (Lipinski definition) is 4. The molecule has 1 rings (SSSR count). The van der Waals surface area contributed by atoms with Gasteiger partial charge < -0.3 is 10.2 Å². The fraction of sp³-hybridized carbons (Fsp3) is 0.462. The van der Waals surface area contributed by atoms with Crippen molar-refractivity contribution in [3.05, 3.63) is 35.9 Å². The van der Waals surface area contributed by atoms with Gasteiger partial charge in [0.15, 0.2) is 0 Å². The molecule has 0 bridgehead atoms. The number of carbonyl (C=O) groups is 1. The van der Waals surface area contributed by atoms with Gasteiger partial charge in [-0.05, 0) is 5.56 Å². The molecule has 0 saturated heterocycles. The minimum Gasteiger partial charge on any atom is -0.396 e. The SMILES string of the molecule is CC(C)(CO)[C@H](O)C(=O)NNCc1ccccc1. The highest BCUT2D eigenvalue weighted by atomic mass is 16.3. The summed E-state index contributed by atoms with van der Waals surface area (Å²) >= 11 is 0. The van der Waals surface area contributed by atoms with Crippen LogP contribution in [0.4, 0.5) is 0 Å². The highest BCUT2D eigenvalue weighted by Crippen LogP contribution is 2.19. The molecule has 0 unspecified atom stereocenters. The van der Waals surface area contributed by atoms with Crippen LogP contribution >= 0.6 is 0 Å². The number of carbonyl (C=O) groups excluding carboxylic acids is 1. The molecule has 0 aliphatic heterocycles. The van der Waals surface area contributed by atoms with E-state index in [2.05, 4.69) is 10.9 Å². The van der Waals surface area contributed by atoms with Crippen molar-refractivity contribution in [2.45, 2.75) is 26.5 Å². The summed E-state index contributed by atoms with van der Waals surface area (Å²) in [5.41, 5.74) is 5.32. The number of benzene rings is 1. The van der Waals surface area contributed by atoms with Crippen LogP contribution in [0.2, 0.25) is 0 Å². The molecule has 0 saturated carbocycles. The Labute approximate surface area is 107 Å². The lowest BCUT2D eigenvalue weighted by molar-refractivity contribution is -0.138. The summed E-state index contributed by atoms with van der Waals surface area (Å²) in [6.45, 7) is 3.45. The van der Waals surface area contributed by atoms with Crippen molar-refractivity contribution in [1.29, 1.82) is 0 Å². The molecule has 0 heterocycles. The number of aliphatic hydroxyl groups is 2. The van der Waals surface area contributed by atoms with Crippen molar-refractivity contribution < 1.29 is 15.0 Å². The first kappa shape index (κ1) is 14.6. The fourth-order valence-electron chi connectivity index (χ4n) is 1.34. The quantitative estimate of drug-likeness (QED) is 0.545. The molecule has 100 valence electrons. The minimum atomic E-state index is -1.26. The number of hydrazine groups is 1. The van der Waals surface area contributed by atoms with E-state index < -0.39 is 17.4 Å². The summed E-state index contributed by atoms with van der Waals surface area (Å²) in [4.78, 5) is 11.6. The van der Waals surface area contributed by atoms with Gasteiger partial charge in [-0.25, -0.2) is 5.43 Å². The van der Waals surface area contributed by atoms with Gasteiger partial charge in [-0.3, -0.25) is 10.2 Å². The molecule has 0 radical (unpaired) electrons. The fourth-order valence-corrected chi connectivity index (χ4v) is 1.34. The molecular formula is C13H20N2O3. The maximum absolute atomic E-state index is 11.6. The van der Waals surface area contributed by atoms with Crippen LogP contribution in [0.5, 0.6) is 0 Å². The molecule has 18 heavy (non-hydrogen) atoms. The third-order valence-corrected chi connectivity index (χ3v) is 2.74. The molecule has 4 N–H and O–H groups in total. The van der Waals surface area contributed by atoms with Gasteiger partial charge in [-0.1, -0.05) is 44.2 Å². The third-order valence-electron chi connectivity index (χ3n) is 2.74. The predicted octanol–water partition coefficient (Wildman–Crippen LogP) is 0.187. The molecule has 1 aromatic rings. The van der Waals surface area contributed by atoms with E-state index in [1.807, 2.05) is 30.3 Å². The average molecular weight is 252 g/mol.